The average Bonchev–Trinajstić information content (AvgIpc) is 3.90. The number of hydrogen-bond donors (Lipinski definition) is 0. The van der Waals surface area contributed by atoms with Gasteiger partial charge >= 0.3 is 0 Å². The van der Waals surface area contributed by atoms with Gasteiger partial charge < -0.3 is 9.13 Å². The van der Waals surface area contributed by atoms with Crippen molar-refractivity contribution in [3.8, 4) is 21.9 Å². The van der Waals surface area contributed by atoms with Crippen LogP contribution < -0.4 is 29.5 Å². The Balaban J connectivity index is 1.39. The van der Waals surface area contributed by atoms with Crippen molar-refractivity contribution < 1.29 is 0 Å². The maximum atomic E-state index is 13.3. The Morgan fingerprint density at radius 1 is 0.830 bits per heavy atom. The van der Waals surface area contributed by atoms with E-state index in [0.29, 0.717) is 31.5 Å². The fourth-order valence-corrected chi connectivity index (χ4v) is 13.3. The number of hydrogen-bond acceptors (Lipinski definition) is 9. The quantitative estimate of drug-likeness (QED) is 0.230. The predicted octanol–water partition coefficient (Wildman–Crippen LogP) is 5.50. The number of rotatable bonds is 4. The molecule has 2 aliphatic rings. The molecule has 5 aromatic rings. The minimum Gasteiger partial charge on any atom is -0.307 e. The molecule has 2 aliphatic carbocycles. The lowest BCUT2D eigenvalue weighted by Gasteiger charge is -2.35. The van der Waals surface area contributed by atoms with Gasteiger partial charge in [-0.15, -0.1) is 56.7 Å². The van der Waals surface area contributed by atoms with Gasteiger partial charge in [0.2, 0.25) is 0 Å². The predicted molar refractivity (Wildman–Crippen MR) is 192 cm³/mol. The van der Waals surface area contributed by atoms with E-state index >= 15 is 0 Å². The van der Waals surface area contributed by atoms with Crippen LogP contribution in [-0.2, 0) is 18.5 Å². The first-order chi connectivity index (χ1) is 22.8. The van der Waals surface area contributed by atoms with E-state index in [-0.39, 0.29) is 27.9 Å². The lowest BCUT2D eigenvalue weighted by atomic mass is 9.68. The van der Waals surface area contributed by atoms with E-state index in [1.807, 2.05) is 38.1 Å². The molecule has 13 heteroatoms. The number of fused-ring (bicyclic) bond motifs is 7. The molecule has 8 nitrogen and oxygen atoms in total. The van der Waals surface area contributed by atoms with Crippen LogP contribution in [0.1, 0.15) is 66.8 Å². The molecule has 1 spiro atoms. The van der Waals surface area contributed by atoms with Gasteiger partial charge in [-0.3, -0.25) is 9.59 Å². The third kappa shape index (κ3) is 4.73. The van der Waals surface area contributed by atoms with Gasteiger partial charge in [-0.1, -0.05) is 19.3 Å². The molecule has 7 rings (SSSR count). The van der Waals surface area contributed by atoms with Crippen molar-refractivity contribution in [2.75, 3.05) is 0 Å². The molecule has 47 heavy (non-hydrogen) atoms. The molecule has 0 radical (unpaired) electrons. The SMILES string of the molecule is [C-]#[N+]/C(C#N)=c1\s/c(=C\c2cc3sc4c(c3s2)C2(CCCCC2)c2cc(/C=c3\s/c(=C(\C#N)[N+]#[C-])n(CC)c3=O)sc2-4)c(=O)n1CC. The largest absolute Gasteiger partial charge is 0.307 e. The molecule has 0 aliphatic heterocycles. The fraction of sp³-hybridized carbons (Fsp3) is 0.294. The van der Waals surface area contributed by atoms with Crippen molar-refractivity contribution in [2.45, 2.75) is 64.5 Å². The normalized spacial score (nSPS) is 16.8. The van der Waals surface area contributed by atoms with Crippen LogP contribution in [0.2, 0.25) is 0 Å². The monoisotopic (exact) mass is 708 g/mol. The summed E-state index contributed by atoms with van der Waals surface area (Å²) < 4.78 is 7.32. The summed E-state index contributed by atoms with van der Waals surface area (Å²) in [5.41, 5.74) is 2.15. The second-order valence-corrected chi connectivity index (χ2v) is 16.5. The van der Waals surface area contributed by atoms with Crippen LogP contribution in [0, 0.1) is 35.8 Å². The summed E-state index contributed by atoms with van der Waals surface area (Å²) in [5, 5.41) is 18.9. The maximum absolute atomic E-state index is 13.3. The van der Waals surface area contributed by atoms with Crippen molar-refractivity contribution in [1.29, 1.82) is 10.5 Å². The van der Waals surface area contributed by atoms with E-state index in [9.17, 15) is 20.1 Å². The lowest BCUT2D eigenvalue weighted by Crippen LogP contribution is -2.31. The Hall–Kier alpha value is -4.34. The molecule has 1 fully saturated rings. The second-order valence-electron chi connectivity index (χ2n) is 11.3. The molecule has 0 unspecified atom stereocenters. The average molecular weight is 709 g/mol. The molecule has 5 aromatic heterocycles. The molecular formula is C34H24N6O2S5. The van der Waals surface area contributed by atoms with Crippen molar-refractivity contribution in [3.63, 3.8) is 0 Å². The van der Waals surface area contributed by atoms with Gasteiger partial charge in [0.05, 0.1) is 43.9 Å². The zero-order valence-electron chi connectivity index (χ0n) is 25.3. The van der Waals surface area contributed by atoms with Crippen LogP contribution in [-0.4, -0.2) is 9.13 Å². The van der Waals surface area contributed by atoms with Gasteiger partial charge in [0.25, 0.3) is 22.5 Å². The Morgan fingerprint density at radius 2 is 1.38 bits per heavy atom. The molecule has 0 atom stereocenters. The summed E-state index contributed by atoms with van der Waals surface area (Å²) in [4.78, 5) is 37.7. The summed E-state index contributed by atoms with van der Waals surface area (Å²) in [6.45, 7) is 19.2. The molecule has 0 amide bonds. The van der Waals surface area contributed by atoms with E-state index < -0.39 is 0 Å². The van der Waals surface area contributed by atoms with Crippen molar-refractivity contribution in [3.05, 3.63) is 94.9 Å². The number of thiazole rings is 2. The number of thiophene rings is 3. The zero-order chi connectivity index (χ0) is 33.0. The number of nitriles is 2. The molecule has 232 valence electrons. The highest BCUT2D eigenvalue weighted by atomic mass is 32.1. The first kappa shape index (κ1) is 31.3. The van der Waals surface area contributed by atoms with Gasteiger partial charge in [-0.2, -0.15) is 0 Å². The van der Waals surface area contributed by atoms with Crippen LogP contribution in [0.5, 0.6) is 0 Å². The fourth-order valence-electron chi connectivity index (χ4n) is 6.85. The summed E-state index contributed by atoms with van der Waals surface area (Å²) >= 11 is 7.60. The molecule has 0 N–H and O–H groups in total. The van der Waals surface area contributed by atoms with Crippen molar-refractivity contribution in [1.82, 2.24) is 9.13 Å². The van der Waals surface area contributed by atoms with Crippen LogP contribution in [0.25, 0.3) is 52.4 Å². The van der Waals surface area contributed by atoms with Crippen molar-refractivity contribution in [2.24, 2.45) is 0 Å². The van der Waals surface area contributed by atoms with E-state index in [2.05, 4.69) is 21.8 Å². The molecule has 0 aromatic carbocycles. The Bertz CT molecular complexity index is 2660. The van der Waals surface area contributed by atoms with E-state index in [4.69, 9.17) is 13.1 Å². The van der Waals surface area contributed by atoms with E-state index in [1.54, 1.807) is 34.0 Å². The number of aromatic nitrogens is 2. The minimum absolute atomic E-state index is 0.0625. The molecular weight excluding hydrogens is 685 g/mol. The first-order valence-corrected chi connectivity index (χ1v) is 19.1. The highest BCUT2D eigenvalue weighted by molar-refractivity contribution is 7.32. The van der Waals surface area contributed by atoms with E-state index in [1.165, 1.54) is 68.5 Å². The van der Waals surface area contributed by atoms with Crippen LogP contribution in [0.15, 0.2) is 21.7 Å². The smallest absolute Gasteiger partial charge is 0.294 e. The summed E-state index contributed by atoms with van der Waals surface area (Å²) in [5.74, 6) is 0. The Kier molecular flexibility index (Phi) is 8.00. The first-order valence-electron chi connectivity index (χ1n) is 15.0. The highest BCUT2D eigenvalue weighted by Crippen LogP contribution is 2.63. The number of nitrogens with zero attached hydrogens (tertiary/aromatic N) is 6. The zero-order valence-corrected chi connectivity index (χ0v) is 29.4. The summed E-state index contributed by atoms with van der Waals surface area (Å²) in [7, 11) is 0. The molecule has 0 saturated heterocycles. The van der Waals surface area contributed by atoms with Gasteiger partial charge in [0.15, 0.2) is 0 Å². The second kappa shape index (κ2) is 12.0. The van der Waals surface area contributed by atoms with Gasteiger partial charge in [0, 0.05) is 43.4 Å². The third-order valence-corrected chi connectivity index (χ3v) is 14.7. The van der Waals surface area contributed by atoms with Crippen LogP contribution >= 0.6 is 56.7 Å². The summed E-state index contributed by atoms with van der Waals surface area (Å²) in [6.07, 6.45) is 9.42. The molecule has 0 bridgehead atoms. The van der Waals surface area contributed by atoms with Crippen molar-refractivity contribution >= 4 is 89.6 Å². The van der Waals surface area contributed by atoms with Gasteiger partial charge in [-0.25, -0.2) is 20.2 Å². The van der Waals surface area contributed by atoms with Crippen LogP contribution in [0.4, 0.5) is 0 Å². The van der Waals surface area contributed by atoms with Crippen LogP contribution in [0.3, 0.4) is 0 Å². The minimum atomic E-state index is -0.181. The standard InChI is InChI=1S/C34H24N6O2S5/c1-5-39-30(41)24(46-32(39)21(16-35)37-3)14-18-12-20-27(43-18)29-26(34(20)10-8-7-9-11-34)28-23(45-29)13-19(44-28)15-25-31(42)40(6-2)33(47-25)22(17-36)38-4/h12-15H,5-11H2,1-2H3/b24-14-,25-15-,32-21+,33-22-. The van der Waals surface area contributed by atoms with E-state index in [0.717, 1.165) is 35.4 Å². The molecule has 5 heterocycles. The Morgan fingerprint density at radius 3 is 1.89 bits per heavy atom. The molecule has 1 saturated carbocycles. The Labute approximate surface area is 288 Å². The van der Waals surface area contributed by atoms with Gasteiger partial charge in [-0.05, 0) is 56.5 Å². The highest BCUT2D eigenvalue weighted by Gasteiger charge is 2.47. The third-order valence-electron chi connectivity index (χ3n) is 8.88. The summed E-state index contributed by atoms with van der Waals surface area (Å²) in [6, 6.07) is 8.27. The lowest BCUT2D eigenvalue weighted by molar-refractivity contribution is 0.356. The van der Waals surface area contributed by atoms with Gasteiger partial charge in [0.1, 0.15) is 9.33 Å². The topological polar surface area (TPSA) is 100 Å². The maximum Gasteiger partial charge on any atom is 0.294 e.